The van der Waals surface area contributed by atoms with Gasteiger partial charge in [-0.05, 0) is 22.9 Å². The van der Waals surface area contributed by atoms with Crippen LogP contribution in [0.3, 0.4) is 0 Å². The average Bonchev–Trinajstić information content (AvgIpc) is 2.37. The number of hydrogen-bond donors (Lipinski definition) is 0. The Bertz CT molecular complexity index is 723. The smallest absolute Gasteiger partial charge is 0.0999 e. The summed E-state index contributed by atoms with van der Waals surface area (Å²) < 4.78 is 0. The summed E-state index contributed by atoms with van der Waals surface area (Å²) in [4.78, 5) is 4.29. The molecule has 74 valence electrons. The Kier molecular flexibility index (Phi) is 1.84. The Hall–Kier alpha value is -2.40. The van der Waals surface area contributed by atoms with Crippen LogP contribution in [-0.4, -0.2) is 4.98 Å². The fourth-order valence-electron chi connectivity index (χ4n) is 2.02. The van der Waals surface area contributed by atoms with Gasteiger partial charge in [-0.15, -0.1) is 0 Å². The monoisotopic (exact) mass is 204 g/mol. The maximum Gasteiger partial charge on any atom is 0.0999 e. The number of benzene rings is 2. The summed E-state index contributed by atoms with van der Waals surface area (Å²) in [5, 5.41) is 12.3. The van der Waals surface area contributed by atoms with Gasteiger partial charge in [-0.2, -0.15) is 5.26 Å². The van der Waals surface area contributed by atoms with Crippen LogP contribution in [-0.2, 0) is 0 Å². The van der Waals surface area contributed by atoms with E-state index in [0.717, 1.165) is 21.7 Å². The SMILES string of the molecule is N#Cc1ccnc2ccc3ccccc3c12. The van der Waals surface area contributed by atoms with E-state index >= 15 is 0 Å². The maximum atomic E-state index is 9.12. The van der Waals surface area contributed by atoms with Crippen LogP contribution < -0.4 is 0 Å². The molecule has 1 aromatic heterocycles. The second kappa shape index (κ2) is 3.32. The van der Waals surface area contributed by atoms with Crippen LogP contribution in [0.4, 0.5) is 0 Å². The van der Waals surface area contributed by atoms with Crippen LogP contribution in [0.2, 0.25) is 0 Å². The van der Waals surface area contributed by atoms with Crippen LogP contribution in [0.15, 0.2) is 48.7 Å². The summed E-state index contributed by atoms with van der Waals surface area (Å²) in [5.41, 5.74) is 1.56. The lowest BCUT2D eigenvalue weighted by Crippen LogP contribution is -1.85. The van der Waals surface area contributed by atoms with Gasteiger partial charge in [0.25, 0.3) is 0 Å². The maximum absolute atomic E-state index is 9.12. The van der Waals surface area contributed by atoms with Crippen molar-refractivity contribution in [2.24, 2.45) is 0 Å². The van der Waals surface area contributed by atoms with Crippen molar-refractivity contribution in [2.75, 3.05) is 0 Å². The van der Waals surface area contributed by atoms with E-state index in [4.69, 9.17) is 5.26 Å². The molecular weight excluding hydrogens is 196 g/mol. The van der Waals surface area contributed by atoms with Gasteiger partial charge in [0, 0.05) is 11.6 Å². The minimum atomic E-state index is 0.682. The fraction of sp³-hybridized carbons (Fsp3) is 0. The number of nitriles is 1. The molecule has 0 aliphatic carbocycles. The zero-order valence-electron chi connectivity index (χ0n) is 8.51. The van der Waals surface area contributed by atoms with Gasteiger partial charge in [-0.25, -0.2) is 0 Å². The number of pyridine rings is 1. The normalized spacial score (nSPS) is 10.4. The molecule has 2 aromatic carbocycles. The molecule has 0 saturated heterocycles. The molecule has 0 aliphatic heterocycles. The van der Waals surface area contributed by atoms with E-state index in [2.05, 4.69) is 11.1 Å². The van der Waals surface area contributed by atoms with E-state index in [1.165, 1.54) is 0 Å². The van der Waals surface area contributed by atoms with Crippen LogP contribution in [0.1, 0.15) is 5.56 Å². The third-order valence-electron chi connectivity index (χ3n) is 2.75. The predicted octanol–water partition coefficient (Wildman–Crippen LogP) is 3.26. The first-order valence-electron chi connectivity index (χ1n) is 5.07. The molecule has 0 bridgehead atoms. The summed E-state index contributed by atoms with van der Waals surface area (Å²) in [6.07, 6.45) is 1.68. The molecule has 0 spiro atoms. The molecule has 0 radical (unpaired) electrons. The molecule has 1 heterocycles. The summed E-state index contributed by atoms with van der Waals surface area (Å²) >= 11 is 0. The van der Waals surface area contributed by atoms with Gasteiger partial charge in [0.15, 0.2) is 0 Å². The minimum Gasteiger partial charge on any atom is -0.256 e. The van der Waals surface area contributed by atoms with E-state index in [9.17, 15) is 0 Å². The molecule has 0 amide bonds. The number of fused-ring (bicyclic) bond motifs is 3. The first kappa shape index (κ1) is 8.87. The number of nitrogens with zero attached hydrogens (tertiary/aromatic N) is 2. The van der Waals surface area contributed by atoms with Crippen molar-refractivity contribution in [3.05, 3.63) is 54.2 Å². The van der Waals surface area contributed by atoms with Crippen LogP contribution >= 0.6 is 0 Å². The van der Waals surface area contributed by atoms with Gasteiger partial charge < -0.3 is 0 Å². The molecule has 2 nitrogen and oxygen atoms in total. The Morgan fingerprint density at radius 2 is 1.88 bits per heavy atom. The Morgan fingerprint density at radius 1 is 1.00 bits per heavy atom. The lowest BCUT2D eigenvalue weighted by molar-refractivity contribution is 1.40. The Morgan fingerprint density at radius 3 is 2.75 bits per heavy atom. The number of rotatable bonds is 0. The minimum absolute atomic E-state index is 0.682. The third kappa shape index (κ3) is 1.15. The molecule has 0 N–H and O–H groups in total. The van der Waals surface area contributed by atoms with Crippen molar-refractivity contribution in [1.29, 1.82) is 5.26 Å². The van der Waals surface area contributed by atoms with Crippen molar-refractivity contribution in [1.82, 2.24) is 4.98 Å². The topological polar surface area (TPSA) is 36.7 Å². The fourth-order valence-corrected chi connectivity index (χ4v) is 2.02. The molecular formula is C14H8N2. The molecule has 0 saturated carbocycles. The summed E-state index contributed by atoms with van der Waals surface area (Å²) in [6.45, 7) is 0. The van der Waals surface area contributed by atoms with Gasteiger partial charge in [-0.3, -0.25) is 4.98 Å². The van der Waals surface area contributed by atoms with Crippen LogP contribution in [0.25, 0.3) is 21.7 Å². The zero-order valence-corrected chi connectivity index (χ0v) is 8.51. The van der Waals surface area contributed by atoms with Crippen molar-refractivity contribution >= 4 is 21.7 Å². The van der Waals surface area contributed by atoms with Gasteiger partial charge in [0.2, 0.25) is 0 Å². The molecule has 0 fully saturated rings. The second-order valence-electron chi connectivity index (χ2n) is 3.65. The van der Waals surface area contributed by atoms with Crippen molar-refractivity contribution < 1.29 is 0 Å². The molecule has 16 heavy (non-hydrogen) atoms. The third-order valence-corrected chi connectivity index (χ3v) is 2.75. The first-order valence-corrected chi connectivity index (χ1v) is 5.07. The Balaban J connectivity index is 2.64. The van der Waals surface area contributed by atoms with Crippen molar-refractivity contribution in [3.63, 3.8) is 0 Å². The van der Waals surface area contributed by atoms with Crippen molar-refractivity contribution in [3.8, 4) is 6.07 Å². The van der Waals surface area contributed by atoms with Gasteiger partial charge in [0.05, 0.1) is 17.1 Å². The molecule has 3 aromatic rings. The van der Waals surface area contributed by atoms with Crippen molar-refractivity contribution in [2.45, 2.75) is 0 Å². The van der Waals surface area contributed by atoms with E-state index in [1.54, 1.807) is 12.3 Å². The highest BCUT2D eigenvalue weighted by atomic mass is 14.6. The lowest BCUT2D eigenvalue weighted by atomic mass is 10.0. The predicted molar refractivity (Wildman–Crippen MR) is 64.0 cm³/mol. The summed E-state index contributed by atoms with van der Waals surface area (Å²) in [6, 6.07) is 16.0. The standard InChI is InChI=1S/C14H8N2/c15-9-11-7-8-16-13-6-5-10-3-1-2-4-12(10)14(11)13/h1-8H. The first-order chi connectivity index (χ1) is 7.90. The zero-order chi connectivity index (χ0) is 11.0. The quantitative estimate of drug-likeness (QED) is 0.527. The Labute approximate surface area is 92.8 Å². The molecule has 3 rings (SSSR count). The average molecular weight is 204 g/mol. The highest BCUT2D eigenvalue weighted by Crippen LogP contribution is 2.26. The summed E-state index contributed by atoms with van der Waals surface area (Å²) in [7, 11) is 0. The van der Waals surface area contributed by atoms with Gasteiger partial charge >= 0.3 is 0 Å². The van der Waals surface area contributed by atoms with E-state index in [0.29, 0.717) is 5.56 Å². The van der Waals surface area contributed by atoms with E-state index in [1.807, 2.05) is 36.4 Å². The van der Waals surface area contributed by atoms with Gasteiger partial charge in [-0.1, -0.05) is 30.3 Å². The van der Waals surface area contributed by atoms with E-state index in [-0.39, 0.29) is 0 Å². The molecule has 2 heteroatoms. The van der Waals surface area contributed by atoms with Crippen LogP contribution in [0, 0.1) is 11.3 Å². The molecule has 0 aliphatic rings. The molecule has 0 unspecified atom stereocenters. The number of aromatic nitrogens is 1. The lowest BCUT2D eigenvalue weighted by Gasteiger charge is -2.03. The second-order valence-corrected chi connectivity index (χ2v) is 3.65. The highest BCUT2D eigenvalue weighted by Gasteiger charge is 2.05. The summed E-state index contributed by atoms with van der Waals surface area (Å²) in [5.74, 6) is 0. The van der Waals surface area contributed by atoms with Crippen LogP contribution in [0.5, 0.6) is 0 Å². The number of hydrogen-bond acceptors (Lipinski definition) is 2. The van der Waals surface area contributed by atoms with Gasteiger partial charge in [0.1, 0.15) is 0 Å². The molecule has 0 atom stereocenters. The largest absolute Gasteiger partial charge is 0.256 e. The van der Waals surface area contributed by atoms with E-state index < -0.39 is 0 Å². The highest BCUT2D eigenvalue weighted by molar-refractivity contribution is 6.08.